The van der Waals surface area contributed by atoms with E-state index in [-0.39, 0.29) is 17.9 Å². The Kier molecular flexibility index (Phi) is 7.21. The number of hydrogen-bond acceptors (Lipinski definition) is 6. The van der Waals surface area contributed by atoms with Crippen molar-refractivity contribution in [3.05, 3.63) is 62.5 Å². The number of benzene rings is 1. The SMILES string of the molecule is CN(C)CCN(Cc1ccc(C#N)cc1)C(=O)CCn1cnc2sc3c(c2c1=O)CCCC3. The van der Waals surface area contributed by atoms with Crippen LogP contribution in [0.15, 0.2) is 35.4 Å². The summed E-state index contributed by atoms with van der Waals surface area (Å²) >= 11 is 1.64. The highest BCUT2D eigenvalue weighted by Gasteiger charge is 2.21. The average Bonchev–Trinajstić information content (AvgIpc) is 3.20. The Balaban J connectivity index is 1.49. The fraction of sp³-hybridized carbons (Fsp3) is 0.440. The second-order valence-corrected chi connectivity index (χ2v) is 9.90. The minimum atomic E-state index is -0.0286. The number of aryl methyl sites for hydroxylation is 3. The van der Waals surface area contributed by atoms with Crippen molar-refractivity contribution >= 4 is 27.5 Å². The van der Waals surface area contributed by atoms with Crippen molar-refractivity contribution < 1.29 is 4.79 Å². The van der Waals surface area contributed by atoms with E-state index in [1.807, 2.05) is 36.0 Å². The van der Waals surface area contributed by atoms with Gasteiger partial charge >= 0.3 is 0 Å². The Bertz CT molecular complexity index is 1240. The smallest absolute Gasteiger partial charge is 0.262 e. The number of nitrogens with zero attached hydrogens (tertiary/aromatic N) is 5. The van der Waals surface area contributed by atoms with Gasteiger partial charge in [0.15, 0.2) is 0 Å². The number of fused-ring (bicyclic) bond motifs is 3. The lowest BCUT2D eigenvalue weighted by molar-refractivity contribution is -0.132. The van der Waals surface area contributed by atoms with E-state index in [1.54, 1.807) is 34.4 Å². The average molecular weight is 464 g/mol. The molecule has 1 aliphatic carbocycles. The molecule has 0 radical (unpaired) electrons. The molecular formula is C25H29N5O2S. The van der Waals surface area contributed by atoms with Gasteiger partial charge in [-0.1, -0.05) is 12.1 Å². The monoisotopic (exact) mass is 463 g/mol. The van der Waals surface area contributed by atoms with E-state index < -0.39 is 0 Å². The molecule has 33 heavy (non-hydrogen) atoms. The van der Waals surface area contributed by atoms with Crippen LogP contribution in [0, 0.1) is 11.3 Å². The Hall–Kier alpha value is -3.02. The molecular weight excluding hydrogens is 434 g/mol. The van der Waals surface area contributed by atoms with Gasteiger partial charge in [0.2, 0.25) is 5.91 Å². The molecule has 0 saturated carbocycles. The second kappa shape index (κ2) is 10.3. The molecule has 4 rings (SSSR count). The van der Waals surface area contributed by atoms with E-state index in [0.717, 1.165) is 41.6 Å². The molecule has 7 nitrogen and oxygen atoms in total. The highest BCUT2D eigenvalue weighted by Crippen LogP contribution is 2.33. The van der Waals surface area contributed by atoms with E-state index in [2.05, 4.69) is 11.1 Å². The van der Waals surface area contributed by atoms with Gasteiger partial charge in [0.1, 0.15) is 4.83 Å². The molecule has 8 heteroatoms. The largest absolute Gasteiger partial charge is 0.337 e. The van der Waals surface area contributed by atoms with Crippen LogP contribution in [0.4, 0.5) is 0 Å². The number of likely N-dealkylation sites (N-methyl/N-ethyl adjacent to an activating group) is 1. The molecule has 0 fully saturated rings. The second-order valence-electron chi connectivity index (χ2n) is 8.81. The van der Waals surface area contributed by atoms with Gasteiger partial charge in [-0.25, -0.2) is 4.98 Å². The van der Waals surface area contributed by atoms with E-state index in [9.17, 15) is 9.59 Å². The topological polar surface area (TPSA) is 82.2 Å². The molecule has 0 N–H and O–H groups in total. The highest BCUT2D eigenvalue weighted by atomic mass is 32.1. The van der Waals surface area contributed by atoms with Gasteiger partial charge in [-0.2, -0.15) is 5.26 Å². The molecule has 2 aromatic heterocycles. The lowest BCUT2D eigenvalue weighted by Crippen LogP contribution is -2.37. The number of carbonyl (C=O) groups is 1. The summed E-state index contributed by atoms with van der Waals surface area (Å²) in [5, 5.41) is 9.77. The number of rotatable bonds is 8. The molecule has 1 aromatic carbocycles. The summed E-state index contributed by atoms with van der Waals surface area (Å²) in [7, 11) is 3.96. The van der Waals surface area contributed by atoms with Gasteiger partial charge in [0.05, 0.1) is 23.3 Å². The van der Waals surface area contributed by atoms with Gasteiger partial charge in [-0.05, 0) is 63.0 Å². The van der Waals surface area contributed by atoms with Crippen molar-refractivity contribution in [1.82, 2.24) is 19.4 Å². The Morgan fingerprint density at radius 1 is 1.18 bits per heavy atom. The first-order valence-electron chi connectivity index (χ1n) is 11.4. The highest BCUT2D eigenvalue weighted by molar-refractivity contribution is 7.18. The van der Waals surface area contributed by atoms with Crippen LogP contribution in [-0.4, -0.2) is 52.4 Å². The fourth-order valence-electron chi connectivity index (χ4n) is 4.23. The number of thiophene rings is 1. The van der Waals surface area contributed by atoms with Crippen molar-refractivity contribution in [1.29, 1.82) is 5.26 Å². The van der Waals surface area contributed by atoms with Crippen LogP contribution in [0.5, 0.6) is 0 Å². The summed E-state index contributed by atoms with van der Waals surface area (Å²) in [6, 6.07) is 9.43. The van der Waals surface area contributed by atoms with Crippen molar-refractivity contribution in [3.63, 3.8) is 0 Å². The van der Waals surface area contributed by atoms with Crippen LogP contribution in [0.3, 0.4) is 0 Å². The third kappa shape index (κ3) is 5.32. The lowest BCUT2D eigenvalue weighted by atomic mass is 9.97. The quantitative estimate of drug-likeness (QED) is 0.512. The third-order valence-electron chi connectivity index (χ3n) is 6.13. The zero-order valence-corrected chi connectivity index (χ0v) is 20.0. The molecule has 1 amide bonds. The van der Waals surface area contributed by atoms with E-state index in [0.29, 0.717) is 25.2 Å². The Morgan fingerprint density at radius 2 is 1.94 bits per heavy atom. The number of aromatic nitrogens is 2. The first-order chi connectivity index (χ1) is 16.0. The molecule has 0 unspecified atom stereocenters. The van der Waals surface area contributed by atoms with Gasteiger partial charge in [0, 0.05) is 37.5 Å². The standard InChI is InChI=1S/C25H29N5O2S/c1-28(2)13-14-29(16-19-9-7-18(15-26)8-10-19)22(31)11-12-30-17-27-24-23(25(30)32)20-5-3-4-6-21(20)33-24/h7-10,17H,3-6,11-14,16H2,1-2H3. The van der Waals surface area contributed by atoms with Crippen molar-refractivity contribution in [2.24, 2.45) is 0 Å². The van der Waals surface area contributed by atoms with E-state index in [4.69, 9.17) is 5.26 Å². The zero-order valence-electron chi connectivity index (χ0n) is 19.2. The maximum absolute atomic E-state index is 13.2. The number of hydrogen-bond donors (Lipinski definition) is 0. The molecule has 1 aliphatic rings. The Morgan fingerprint density at radius 3 is 2.67 bits per heavy atom. The minimum Gasteiger partial charge on any atom is -0.337 e. The van der Waals surface area contributed by atoms with Gasteiger partial charge in [-0.3, -0.25) is 14.2 Å². The zero-order chi connectivity index (χ0) is 23.4. The predicted octanol–water partition coefficient (Wildman–Crippen LogP) is 3.19. The normalized spacial score (nSPS) is 13.2. The number of carbonyl (C=O) groups excluding carboxylic acids is 1. The summed E-state index contributed by atoms with van der Waals surface area (Å²) in [6.45, 7) is 2.13. The number of nitriles is 1. The summed E-state index contributed by atoms with van der Waals surface area (Å²) in [6.07, 6.45) is 6.09. The molecule has 0 bridgehead atoms. The molecule has 0 saturated heterocycles. The molecule has 172 valence electrons. The van der Waals surface area contributed by atoms with Gasteiger partial charge < -0.3 is 9.80 Å². The maximum Gasteiger partial charge on any atom is 0.262 e. The molecule has 2 heterocycles. The first-order valence-corrected chi connectivity index (χ1v) is 12.2. The minimum absolute atomic E-state index is 0.000513. The summed E-state index contributed by atoms with van der Waals surface area (Å²) in [5.41, 5.74) is 2.72. The molecule has 3 aromatic rings. The predicted molar refractivity (Wildman–Crippen MR) is 130 cm³/mol. The summed E-state index contributed by atoms with van der Waals surface area (Å²) in [5.74, 6) is 0.000513. The van der Waals surface area contributed by atoms with E-state index in [1.165, 1.54) is 16.9 Å². The summed E-state index contributed by atoms with van der Waals surface area (Å²) < 4.78 is 1.59. The van der Waals surface area contributed by atoms with Crippen LogP contribution in [0.1, 0.15) is 40.8 Å². The number of amides is 1. The molecule has 0 aliphatic heterocycles. The van der Waals surface area contributed by atoms with Gasteiger partial charge in [-0.15, -0.1) is 11.3 Å². The maximum atomic E-state index is 13.2. The van der Waals surface area contributed by atoms with Crippen LogP contribution < -0.4 is 5.56 Å². The van der Waals surface area contributed by atoms with Crippen molar-refractivity contribution in [3.8, 4) is 6.07 Å². The lowest BCUT2D eigenvalue weighted by Gasteiger charge is -2.25. The molecule has 0 atom stereocenters. The van der Waals surface area contributed by atoms with Crippen molar-refractivity contribution in [2.45, 2.75) is 45.2 Å². The third-order valence-corrected chi connectivity index (χ3v) is 7.33. The summed E-state index contributed by atoms with van der Waals surface area (Å²) in [4.78, 5) is 36.8. The van der Waals surface area contributed by atoms with Crippen LogP contribution in [-0.2, 0) is 30.7 Å². The Labute approximate surface area is 197 Å². The van der Waals surface area contributed by atoms with Gasteiger partial charge in [0.25, 0.3) is 5.56 Å². The van der Waals surface area contributed by atoms with Crippen LogP contribution >= 0.6 is 11.3 Å². The first kappa shape index (κ1) is 23.1. The van der Waals surface area contributed by atoms with Crippen LogP contribution in [0.25, 0.3) is 10.2 Å². The molecule has 0 spiro atoms. The van der Waals surface area contributed by atoms with E-state index >= 15 is 0 Å². The van der Waals surface area contributed by atoms with Crippen LogP contribution in [0.2, 0.25) is 0 Å². The fourth-order valence-corrected chi connectivity index (χ4v) is 5.45. The van der Waals surface area contributed by atoms with Crippen molar-refractivity contribution in [2.75, 3.05) is 27.2 Å².